The van der Waals surface area contributed by atoms with Crippen molar-refractivity contribution in [3.8, 4) is 0 Å². The van der Waals surface area contributed by atoms with Gasteiger partial charge in [-0.1, -0.05) is 68.1 Å². The van der Waals surface area contributed by atoms with Crippen molar-refractivity contribution in [2.75, 3.05) is 10.8 Å². The molecule has 1 aliphatic rings. The molecule has 42 heavy (non-hydrogen) atoms. The largest absolute Gasteiger partial charge is 0.352 e. The zero-order valence-corrected chi connectivity index (χ0v) is 25.4. The Morgan fingerprint density at radius 2 is 1.57 bits per heavy atom. The SMILES string of the molecule is CCC(C(=O)NC1CCCCC1)N(Cc1ccccc1C)C(=O)CN(c1ccc(F)cc1)S(=O)(=O)c1ccc(C)cc1. The Labute approximate surface area is 248 Å². The molecule has 1 atom stereocenters. The third-order valence-electron chi connectivity index (χ3n) is 7.94. The molecule has 3 aromatic rings. The summed E-state index contributed by atoms with van der Waals surface area (Å²) in [6.07, 6.45) is 5.42. The van der Waals surface area contributed by atoms with E-state index in [-0.39, 0.29) is 29.1 Å². The normalized spacial score (nSPS) is 14.7. The summed E-state index contributed by atoms with van der Waals surface area (Å²) in [5.41, 5.74) is 2.86. The summed E-state index contributed by atoms with van der Waals surface area (Å²) in [6, 6.07) is 18.2. The molecule has 4 rings (SSSR count). The van der Waals surface area contributed by atoms with Crippen molar-refractivity contribution >= 4 is 27.5 Å². The fourth-order valence-corrected chi connectivity index (χ4v) is 6.82. The second kappa shape index (κ2) is 14.0. The van der Waals surface area contributed by atoms with Crippen LogP contribution >= 0.6 is 0 Å². The second-order valence-electron chi connectivity index (χ2n) is 11.0. The number of rotatable bonds is 11. The summed E-state index contributed by atoms with van der Waals surface area (Å²) in [6.45, 7) is 5.23. The van der Waals surface area contributed by atoms with Gasteiger partial charge < -0.3 is 10.2 Å². The van der Waals surface area contributed by atoms with E-state index in [2.05, 4.69) is 5.32 Å². The number of aryl methyl sites for hydroxylation is 2. The van der Waals surface area contributed by atoms with Gasteiger partial charge in [0.1, 0.15) is 18.4 Å². The van der Waals surface area contributed by atoms with Gasteiger partial charge in [0.15, 0.2) is 0 Å². The van der Waals surface area contributed by atoms with Gasteiger partial charge in [-0.2, -0.15) is 0 Å². The lowest BCUT2D eigenvalue weighted by atomic mass is 9.95. The molecule has 3 aromatic carbocycles. The molecule has 1 fully saturated rings. The summed E-state index contributed by atoms with van der Waals surface area (Å²) in [5, 5.41) is 3.15. The maximum atomic E-state index is 14.2. The van der Waals surface area contributed by atoms with Gasteiger partial charge in [0, 0.05) is 12.6 Å². The molecule has 0 radical (unpaired) electrons. The van der Waals surface area contributed by atoms with E-state index in [1.165, 1.54) is 29.2 Å². The highest BCUT2D eigenvalue weighted by molar-refractivity contribution is 7.92. The highest BCUT2D eigenvalue weighted by Gasteiger charge is 2.34. The van der Waals surface area contributed by atoms with E-state index in [0.717, 1.165) is 65.2 Å². The highest BCUT2D eigenvalue weighted by Crippen LogP contribution is 2.26. The quantitative estimate of drug-likeness (QED) is 0.300. The molecule has 224 valence electrons. The van der Waals surface area contributed by atoms with Crippen molar-refractivity contribution < 1.29 is 22.4 Å². The predicted molar refractivity (Wildman–Crippen MR) is 163 cm³/mol. The molecule has 7 nitrogen and oxygen atoms in total. The van der Waals surface area contributed by atoms with E-state index in [9.17, 15) is 22.4 Å². The van der Waals surface area contributed by atoms with Crippen LogP contribution in [0.1, 0.15) is 62.1 Å². The van der Waals surface area contributed by atoms with Gasteiger partial charge in [-0.15, -0.1) is 0 Å². The van der Waals surface area contributed by atoms with Gasteiger partial charge >= 0.3 is 0 Å². The topological polar surface area (TPSA) is 86.8 Å². The number of nitrogens with zero attached hydrogens (tertiary/aromatic N) is 2. The minimum absolute atomic E-state index is 0.0118. The van der Waals surface area contributed by atoms with E-state index < -0.39 is 34.3 Å². The fraction of sp³-hybridized carbons (Fsp3) is 0.394. The van der Waals surface area contributed by atoms with Crippen molar-refractivity contribution in [2.24, 2.45) is 0 Å². The third kappa shape index (κ3) is 7.56. The lowest BCUT2D eigenvalue weighted by molar-refractivity contribution is -0.140. The number of amides is 2. The smallest absolute Gasteiger partial charge is 0.264 e. The van der Waals surface area contributed by atoms with Crippen LogP contribution in [0.2, 0.25) is 0 Å². The lowest BCUT2D eigenvalue weighted by Crippen LogP contribution is -2.54. The van der Waals surface area contributed by atoms with Crippen LogP contribution in [-0.2, 0) is 26.2 Å². The van der Waals surface area contributed by atoms with E-state index in [1.807, 2.05) is 45.0 Å². The number of anilines is 1. The molecule has 0 bridgehead atoms. The predicted octanol–water partition coefficient (Wildman–Crippen LogP) is 5.89. The first-order valence-electron chi connectivity index (χ1n) is 14.6. The number of sulfonamides is 1. The highest BCUT2D eigenvalue weighted by atomic mass is 32.2. The summed E-state index contributed by atoms with van der Waals surface area (Å²) in [7, 11) is -4.21. The van der Waals surface area contributed by atoms with Crippen LogP contribution in [0, 0.1) is 19.7 Å². The van der Waals surface area contributed by atoms with E-state index >= 15 is 0 Å². The van der Waals surface area contributed by atoms with Crippen LogP contribution < -0.4 is 9.62 Å². The van der Waals surface area contributed by atoms with Gasteiger partial charge in [-0.3, -0.25) is 13.9 Å². The molecule has 1 saturated carbocycles. The summed E-state index contributed by atoms with van der Waals surface area (Å²) in [5.74, 6) is -1.28. The Morgan fingerprint density at radius 3 is 2.19 bits per heavy atom. The van der Waals surface area contributed by atoms with Crippen LogP contribution in [0.5, 0.6) is 0 Å². The average molecular weight is 594 g/mol. The molecule has 1 unspecified atom stereocenters. The van der Waals surface area contributed by atoms with Crippen molar-refractivity contribution in [3.05, 3.63) is 95.3 Å². The maximum absolute atomic E-state index is 14.2. The van der Waals surface area contributed by atoms with Gasteiger partial charge in [-0.05, 0) is 80.6 Å². The monoisotopic (exact) mass is 593 g/mol. The Balaban J connectivity index is 1.71. The number of halogens is 1. The molecule has 1 N–H and O–H groups in total. The minimum atomic E-state index is -4.21. The maximum Gasteiger partial charge on any atom is 0.264 e. The number of benzene rings is 3. The first kappa shape index (κ1) is 31.2. The fourth-order valence-electron chi connectivity index (χ4n) is 5.41. The van der Waals surface area contributed by atoms with Crippen LogP contribution in [0.25, 0.3) is 0 Å². The van der Waals surface area contributed by atoms with E-state index in [4.69, 9.17) is 0 Å². The van der Waals surface area contributed by atoms with Crippen LogP contribution in [-0.4, -0.2) is 43.8 Å². The molecule has 0 spiro atoms. The summed E-state index contributed by atoms with van der Waals surface area (Å²) >= 11 is 0. The number of hydrogen-bond donors (Lipinski definition) is 1. The Morgan fingerprint density at radius 1 is 0.929 bits per heavy atom. The molecule has 0 heterocycles. The zero-order chi connectivity index (χ0) is 30.3. The van der Waals surface area contributed by atoms with E-state index in [1.54, 1.807) is 12.1 Å². The lowest BCUT2D eigenvalue weighted by Gasteiger charge is -2.34. The molecular weight excluding hydrogens is 553 g/mol. The standard InChI is InChI=1S/C33H40FN3O4S/c1-4-31(33(39)35-28-12-6-5-7-13-28)36(22-26-11-9-8-10-25(26)3)32(38)23-37(29-18-16-27(34)17-19-29)42(40,41)30-20-14-24(2)15-21-30/h8-11,14-21,28,31H,4-7,12-13,22-23H2,1-3H3,(H,35,39). The first-order chi connectivity index (χ1) is 20.1. The van der Waals surface area contributed by atoms with Crippen molar-refractivity contribution in [1.29, 1.82) is 0 Å². The number of carbonyl (C=O) groups is 2. The van der Waals surface area contributed by atoms with Crippen LogP contribution in [0.3, 0.4) is 0 Å². The van der Waals surface area contributed by atoms with E-state index in [0.29, 0.717) is 6.42 Å². The Hall–Kier alpha value is -3.72. The molecule has 0 saturated heterocycles. The van der Waals surface area contributed by atoms with Crippen LogP contribution in [0.4, 0.5) is 10.1 Å². The Kier molecular flexibility index (Phi) is 10.4. The molecular formula is C33H40FN3O4S. The molecule has 0 aromatic heterocycles. The number of nitrogens with one attached hydrogen (secondary N) is 1. The number of carbonyl (C=O) groups excluding carboxylic acids is 2. The molecule has 9 heteroatoms. The van der Waals surface area contributed by atoms with Crippen LogP contribution in [0.15, 0.2) is 77.7 Å². The zero-order valence-electron chi connectivity index (χ0n) is 24.6. The third-order valence-corrected chi connectivity index (χ3v) is 9.73. The Bertz CT molecular complexity index is 1470. The first-order valence-corrected chi connectivity index (χ1v) is 16.0. The summed E-state index contributed by atoms with van der Waals surface area (Å²) in [4.78, 5) is 29.3. The number of hydrogen-bond acceptors (Lipinski definition) is 4. The molecule has 2 amide bonds. The van der Waals surface area contributed by atoms with Gasteiger partial charge in [-0.25, -0.2) is 12.8 Å². The molecule has 0 aliphatic heterocycles. The van der Waals surface area contributed by atoms with Gasteiger partial charge in [0.05, 0.1) is 10.6 Å². The summed E-state index contributed by atoms with van der Waals surface area (Å²) < 4.78 is 42.7. The van der Waals surface area contributed by atoms with Crippen molar-refractivity contribution in [3.63, 3.8) is 0 Å². The second-order valence-corrected chi connectivity index (χ2v) is 12.9. The van der Waals surface area contributed by atoms with Crippen molar-refractivity contribution in [2.45, 2.75) is 82.8 Å². The van der Waals surface area contributed by atoms with Gasteiger partial charge in [0.25, 0.3) is 10.0 Å². The van der Waals surface area contributed by atoms with Gasteiger partial charge in [0.2, 0.25) is 11.8 Å². The minimum Gasteiger partial charge on any atom is -0.352 e. The van der Waals surface area contributed by atoms with Crippen molar-refractivity contribution in [1.82, 2.24) is 10.2 Å². The average Bonchev–Trinajstić information content (AvgIpc) is 2.98. The molecule has 1 aliphatic carbocycles.